The van der Waals surface area contributed by atoms with Crippen LogP contribution < -0.4 is 0 Å². The van der Waals surface area contributed by atoms with Gasteiger partial charge in [-0.2, -0.15) is 0 Å². The van der Waals surface area contributed by atoms with Crippen molar-refractivity contribution in [2.24, 2.45) is 11.8 Å². The Hall–Kier alpha value is -0.370. The third kappa shape index (κ3) is 1.85. The first-order chi connectivity index (χ1) is 6.61. The molecule has 0 aromatic carbocycles. The third-order valence-corrected chi connectivity index (χ3v) is 4.03. The standard InChI is InChI=1S/C12H20O2/c1-9-3-5-12(7-10(9)2)8-11(13)4-6-14-12/h9-10H,3-8H2,1-2H3. The highest BCUT2D eigenvalue weighted by molar-refractivity contribution is 5.80. The minimum Gasteiger partial charge on any atom is -0.374 e. The topological polar surface area (TPSA) is 26.3 Å². The smallest absolute Gasteiger partial charge is 0.138 e. The van der Waals surface area contributed by atoms with Crippen LogP contribution in [-0.2, 0) is 9.53 Å². The molecule has 2 rings (SSSR count). The monoisotopic (exact) mass is 196 g/mol. The molecular formula is C12H20O2. The van der Waals surface area contributed by atoms with Crippen molar-refractivity contribution >= 4 is 5.78 Å². The summed E-state index contributed by atoms with van der Waals surface area (Å²) < 4.78 is 5.87. The van der Waals surface area contributed by atoms with Gasteiger partial charge in [0.2, 0.25) is 0 Å². The van der Waals surface area contributed by atoms with Gasteiger partial charge in [-0.1, -0.05) is 13.8 Å². The van der Waals surface area contributed by atoms with Gasteiger partial charge in [0, 0.05) is 12.8 Å². The van der Waals surface area contributed by atoms with Crippen molar-refractivity contribution in [2.75, 3.05) is 6.61 Å². The summed E-state index contributed by atoms with van der Waals surface area (Å²) in [5.41, 5.74) is -0.0682. The minimum absolute atomic E-state index is 0.0682. The normalized spacial score (nSPS) is 44.3. The summed E-state index contributed by atoms with van der Waals surface area (Å²) >= 11 is 0. The molecule has 1 spiro atoms. The molecule has 0 amide bonds. The van der Waals surface area contributed by atoms with E-state index in [1.165, 1.54) is 6.42 Å². The van der Waals surface area contributed by atoms with E-state index in [1.54, 1.807) is 0 Å². The van der Waals surface area contributed by atoms with Gasteiger partial charge < -0.3 is 4.74 Å². The SMILES string of the molecule is CC1CCC2(CC(=O)CCO2)CC1C. The van der Waals surface area contributed by atoms with E-state index in [1.807, 2.05) is 0 Å². The van der Waals surface area contributed by atoms with Gasteiger partial charge in [-0.3, -0.25) is 4.79 Å². The summed E-state index contributed by atoms with van der Waals surface area (Å²) in [6.45, 7) is 5.25. The number of rotatable bonds is 0. The lowest BCUT2D eigenvalue weighted by molar-refractivity contribution is -0.149. The summed E-state index contributed by atoms with van der Waals surface area (Å²) in [7, 11) is 0. The fourth-order valence-electron chi connectivity index (χ4n) is 2.84. The summed E-state index contributed by atoms with van der Waals surface area (Å²) in [4.78, 5) is 11.4. The van der Waals surface area contributed by atoms with E-state index >= 15 is 0 Å². The molecule has 2 aliphatic rings. The van der Waals surface area contributed by atoms with Crippen LogP contribution in [0.2, 0.25) is 0 Å². The summed E-state index contributed by atoms with van der Waals surface area (Å²) in [5, 5.41) is 0. The number of carbonyl (C=O) groups excluding carboxylic acids is 1. The maximum Gasteiger partial charge on any atom is 0.138 e. The molecule has 1 aliphatic carbocycles. The van der Waals surface area contributed by atoms with E-state index in [9.17, 15) is 4.79 Å². The Balaban J connectivity index is 2.05. The van der Waals surface area contributed by atoms with Gasteiger partial charge in [-0.25, -0.2) is 0 Å². The number of ketones is 1. The van der Waals surface area contributed by atoms with Crippen LogP contribution in [0, 0.1) is 11.8 Å². The number of ether oxygens (including phenoxy) is 1. The van der Waals surface area contributed by atoms with Crippen molar-refractivity contribution in [3.63, 3.8) is 0 Å². The fraction of sp³-hybridized carbons (Fsp3) is 0.917. The Morgan fingerprint density at radius 2 is 2.14 bits per heavy atom. The van der Waals surface area contributed by atoms with Crippen LogP contribution >= 0.6 is 0 Å². The minimum atomic E-state index is -0.0682. The maximum atomic E-state index is 11.4. The number of carbonyl (C=O) groups is 1. The summed E-state index contributed by atoms with van der Waals surface area (Å²) in [6, 6.07) is 0. The van der Waals surface area contributed by atoms with E-state index in [4.69, 9.17) is 4.74 Å². The number of hydrogen-bond acceptors (Lipinski definition) is 2. The molecule has 80 valence electrons. The molecule has 0 N–H and O–H groups in total. The fourth-order valence-corrected chi connectivity index (χ4v) is 2.84. The summed E-state index contributed by atoms with van der Waals surface area (Å²) in [6.07, 6.45) is 4.69. The van der Waals surface area contributed by atoms with Gasteiger partial charge in [0.15, 0.2) is 0 Å². The molecule has 2 heteroatoms. The number of Topliss-reactive ketones (excluding diaryl/α,β-unsaturated/α-hetero) is 1. The van der Waals surface area contributed by atoms with Crippen molar-refractivity contribution in [3.8, 4) is 0 Å². The molecule has 0 aromatic heterocycles. The predicted octanol–water partition coefficient (Wildman–Crippen LogP) is 2.56. The highest BCUT2D eigenvalue weighted by atomic mass is 16.5. The molecular weight excluding hydrogens is 176 g/mol. The predicted molar refractivity (Wildman–Crippen MR) is 55.1 cm³/mol. The Morgan fingerprint density at radius 1 is 1.36 bits per heavy atom. The lowest BCUT2D eigenvalue weighted by atomic mass is 9.70. The van der Waals surface area contributed by atoms with E-state index in [0.29, 0.717) is 31.1 Å². The van der Waals surface area contributed by atoms with Crippen molar-refractivity contribution in [2.45, 2.75) is 51.6 Å². The Morgan fingerprint density at radius 3 is 2.79 bits per heavy atom. The first kappa shape index (κ1) is 10.2. The molecule has 1 heterocycles. The Kier molecular flexibility index (Phi) is 2.65. The molecule has 3 unspecified atom stereocenters. The molecule has 3 atom stereocenters. The van der Waals surface area contributed by atoms with Crippen molar-refractivity contribution in [3.05, 3.63) is 0 Å². The maximum absolute atomic E-state index is 11.4. The van der Waals surface area contributed by atoms with Crippen molar-refractivity contribution in [1.82, 2.24) is 0 Å². The molecule has 0 bridgehead atoms. The molecule has 2 nitrogen and oxygen atoms in total. The van der Waals surface area contributed by atoms with E-state index in [-0.39, 0.29) is 5.60 Å². The van der Waals surface area contributed by atoms with Gasteiger partial charge in [-0.05, 0) is 31.1 Å². The van der Waals surface area contributed by atoms with Gasteiger partial charge in [0.05, 0.1) is 12.2 Å². The molecule has 0 aromatic rings. The lowest BCUT2D eigenvalue weighted by Gasteiger charge is -2.44. The number of hydrogen-bond donors (Lipinski definition) is 0. The van der Waals surface area contributed by atoms with Crippen LogP contribution in [0.25, 0.3) is 0 Å². The Bertz CT molecular complexity index is 236. The van der Waals surface area contributed by atoms with Gasteiger partial charge >= 0.3 is 0 Å². The van der Waals surface area contributed by atoms with E-state index < -0.39 is 0 Å². The van der Waals surface area contributed by atoms with Crippen LogP contribution in [0.15, 0.2) is 0 Å². The summed E-state index contributed by atoms with van der Waals surface area (Å²) in [5.74, 6) is 1.90. The van der Waals surface area contributed by atoms with Gasteiger partial charge in [0.25, 0.3) is 0 Å². The van der Waals surface area contributed by atoms with Crippen molar-refractivity contribution < 1.29 is 9.53 Å². The molecule has 14 heavy (non-hydrogen) atoms. The second-order valence-corrected chi connectivity index (χ2v) is 5.19. The highest BCUT2D eigenvalue weighted by Crippen LogP contribution is 2.42. The average molecular weight is 196 g/mol. The second-order valence-electron chi connectivity index (χ2n) is 5.19. The van der Waals surface area contributed by atoms with Crippen molar-refractivity contribution in [1.29, 1.82) is 0 Å². The van der Waals surface area contributed by atoms with Crippen LogP contribution in [0.1, 0.15) is 46.0 Å². The van der Waals surface area contributed by atoms with Gasteiger partial charge in [-0.15, -0.1) is 0 Å². The van der Waals surface area contributed by atoms with Crippen LogP contribution in [-0.4, -0.2) is 18.0 Å². The zero-order valence-electron chi connectivity index (χ0n) is 9.21. The van der Waals surface area contributed by atoms with Crippen LogP contribution in [0.3, 0.4) is 0 Å². The average Bonchev–Trinajstić information content (AvgIpc) is 2.12. The van der Waals surface area contributed by atoms with Crippen LogP contribution in [0.4, 0.5) is 0 Å². The zero-order chi connectivity index (χ0) is 10.2. The quantitative estimate of drug-likeness (QED) is 0.595. The van der Waals surface area contributed by atoms with Crippen LogP contribution in [0.5, 0.6) is 0 Å². The zero-order valence-corrected chi connectivity index (χ0v) is 9.21. The van der Waals surface area contributed by atoms with E-state index in [2.05, 4.69) is 13.8 Å². The largest absolute Gasteiger partial charge is 0.374 e. The second kappa shape index (κ2) is 3.65. The van der Waals surface area contributed by atoms with E-state index in [0.717, 1.165) is 18.8 Å². The third-order valence-electron chi connectivity index (χ3n) is 4.03. The lowest BCUT2D eigenvalue weighted by Crippen LogP contribution is -2.45. The first-order valence-corrected chi connectivity index (χ1v) is 5.77. The highest BCUT2D eigenvalue weighted by Gasteiger charge is 2.41. The Labute approximate surface area is 86.0 Å². The van der Waals surface area contributed by atoms with Gasteiger partial charge in [0.1, 0.15) is 5.78 Å². The molecule has 0 radical (unpaired) electrons. The molecule has 1 saturated carbocycles. The first-order valence-electron chi connectivity index (χ1n) is 5.77. The molecule has 1 saturated heterocycles. The molecule has 1 aliphatic heterocycles. The molecule has 2 fully saturated rings.